The molecule has 0 aromatic rings. The third-order valence-electron chi connectivity index (χ3n) is 9.34. The van der Waals surface area contributed by atoms with E-state index in [2.05, 4.69) is 0 Å². The Balaban J connectivity index is 3.05. The van der Waals surface area contributed by atoms with Gasteiger partial charge < -0.3 is 0 Å². The molecule has 0 heterocycles. The maximum atomic E-state index is 5.93. The van der Waals surface area contributed by atoms with E-state index in [-0.39, 0.29) is 0 Å². The first-order chi connectivity index (χ1) is 21.1. The second kappa shape index (κ2) is 37.8. The van der Waals surface area contributed by atoms with Gasteiger partial charge in [-0.25, -0.2) is 0 Å². The Labute approximate surface area is 292 Å². The van der Waals surface area contributed by atoms with Crippen LogP contribution in [0.1, 0.15) is 231 Å². The molecule has 0 aliphatic heterocycles. The van der Waals surface area contributed by atoms with Crippen LogP contribution in [0.2, 0.25) is 6.04 Å². The Hall–Kier alpha value is 1.38. The standard InChI is InChI=1S/C38H76Cl4Si/c39-37-35-33-31-29-27-25-23-21-19-17-15-13-11-9-7-5-3-1-2-4-6-8-10-12-14-16-18-20-22-24-26-28-30-32-34-36-38-43(40,41)42/h1-38H2. The van der Waals surface area contributed by atoms with E-state index in [0.717, 1.165) is 18.3 Å². The molecular weight excluding hydrogens is 626 g/mol. The van der Waals surface area contributed by atoms with Gasteiger partial charge in [-0.3, -0.25) is 0 Å². The summed E-state index contributed by atoms with van der Waals surface area (Å²) < 4.78 is 0. The van der Waals surface area contributed by atoms with Gasteiger partial charge in [0.15, 0.2) is 0 Å². The minimum absolute atomic E-state index is 0.829. The van der Waals surface area contributed by atoms with Crippen LogP contribution in [-0.2, 0) is 0 Å². The van der Waals surface area contributed by atoms with Gasteiger partial charge >= 0.3 is 6.00 Å². The summed E-state index contributed by atoms with van der Waals surface area (Å²) in [5.41, 5.74) is 0. The first kappa shape index (κ1) is 44.4. The van der Waals surface area contributed by atoms with Gasteiger partial charge in [-0.2, -0.15) is 0 Å². The Morgan fingerprint density at radius 3 is 0.488 bits per heavy atom. The Morgan fingerprint density at radius 2 is 0.349 bits per heavy atom. The first-order valence-electron chi connectivity index (χ1n) is 19.7. The average Bonchev–Trinajstić information content (AvgIpc) is 2.98. The summed E-state index contributed by atoms with van der Waals surface area (Å²) in [6, 6.07) is -1.54. The van der Waals surface area contributed by atoms with Crippen molar-refractivity contribution in [1.82, 2.24) is 0 Å². The molecule has 0 nitrogen and oxygen atoms in total. The lowest BCUT2D eigenvalue weighted by Crippen LogP contribution is -2.07. The van der Waals surface area contributed by atoms with E-state index in [9.17, 15) is 0 Å². The van der Waals surface area contributed by atoms with Crippen LogP contribution in [0.3, 0.4) is 0 Å². The van der Waals surface area contributed by atoms with Crippen molar-refractivity contribution in [3.05, 3.63) is 0 Å². The summed E-state index contributed by atoms with van der Waals surface area (Å²) in [4.78, 5) is 0. The van der Waals surface area contributed by atoms with Crippen molar-refractivity contribution in [2.75, 3.05) is 5.88 Å². The van der Waals surface area contributed by atoms with E-state index >= 15 is 0 Å². The fourth-order valence-electron chi connectivity index (χ4n) is 6.43. The molecular formula is C38H76Cl4Si. The predicted octanol–water partition coefficient (Wildman–Crippen LogP) is 16.9. The predicted molar refractivity (Wildman–Crippen MR) is 205 cm³/mol. The van der Waals surface area contributed by atoms with Crippen molar-refractivity contribution in [3.63, 3.8) is 0 Å². The molecule has 0 bridgehead atoms. The van der Waals surface area contributed by atoms with E-state index in [4.69, 9.17) is 44.8 Å². The van der Waals surface area contributed by atoms with E-state index in [1.165, 1.54) is 225 Å². The highest BCUT2D eigenvalue weighted by atomic mass is 35.8. The van der Waals surface area contributed by atoms with E-state index in [0.29, 0.717) is 0 Å². The second-order valence-electron chi connectivity index (χ2n) is 13.8. The molecule has 0 fully saturated rings. The normalized spacial score (nSPS) is 12.0. The van der Waals surface area contributed by atoms with Crippen molar-refractivity contribution >= 4 is 50.8 Å². The summed E-state index contributed by atoms with van der Waals surface area (Å²) in [7, 11) is 0. The number of rotatable bonds is 38. The Morgan fingerprint density at radius 1 is 0.209 bits per heavy atom. The molecule has 0 N–H and O–H groups in total. The summed E-state index contributed by atoms with van der Waals surface area (Å²) in [6.45, 7) is 0. The zero-order chi connectivity index (χ0) is 31.4. The third kappa shape index (κ3) is 43.4. The smallest absolute Gasteiger partial charge is 0.127 e. The maximum Gasteiger partial charge on any atom is 0.341 e. The zero-order valence-corrected chi connectivity index (χ0v) is 32.9. The SMILES string of the molecule is ClCCCCCCCCCCCCCCCCCCCCCCCCCCCCCCCCCCCCCC[Si](Cl)(Cl)Cl. The number of hydrogen-bond donors (Lipinski definition) is 0. The largest absolute Gasteiger partial charge is 0.341 e. The number of alkyl halides is 1. The monoisotopic (exact) mass is 700 g/mol. The highest BCUT2D eigenvalue weighted by molar-refractivity contribution is 7.64. The van der Waals surface area contributed by atoms with Gasteiger partial charge in [0.05, 0.1) is 0 Å². The van der Waals surface area contributed by atoms with Crippen molar-refractivity contribution in [3.8, 4) is 0 Å². The Kier molecular flexibility index (Phi) is 39.0. The summed E-state index contributed by atoms with van der Waals surface area (Å²) in [5, 5.41) is 0. The molecule has 0 radical (unpaired) electrons. The number of unbranched alkanes of at least 4 members (excludes halogenated alkanes) is 35. The van der Waals surface area contributed by atoms with Gasteiger partial charge in [0.2, 0.25) is 0 Å². The molecule has 0 spiro atoms. The molecule has 5 heteroatoms. The van der Waals surface area contributed by atoms with Gasteiger partial charge in [0.25, 0.3) is 0 Å². The molecule has 0 atom stereocenters. The molecule has 0 saturated heterocycles. The topological polar surface area (TPSA) is 0 Å². The number of halogens is 4. The quantitative estimate of drug-likeness (QED) is 0.0260. The van der Waals surface area contributed by atoms with Gasteiger partial charge in [0.1, 0.15) is 0 Å². The zero-order valence-electron chi connectivity index (χ0n) is 28.9. The highest BCUT2D eigenvalue weighted by Gasteiger charge is 2.23. The van der Waals surface area contributed by atoms with Crippen LogP contribution in [0.4, 0.5) is 0 Å². The van der Waals surface area contributed by atoms with Crippen molar-refractivity contribution in [2.45, 2.75) is 237 Å². The van der Waals surface area contributed by atoms with Crippen LogP contribution in [0, 0.1) is 0 Å². The van der Waals surface area contributed by atoms with Gasteiger partial charge in [-0.05, 0) is 12.5 Å². The molecule has 0 rings (SSSR count). The van der Waals surface area contributed by atoms with Crippen molar-refractivity contribution in [1.29, 1.82) is 0 Å². The highest BCUT2D eigenvalue weighted by Crippen LogP contribution is 2.27. The van der Waals surface area contributed by atoms with Crippen molar-refractivity contribution in [2.24, 2.45) is 0 Å². The third-order valence-corrected chi connectivity index (χ3v) is 12.2. The van der Waals surface area contributed by atoms with E-state index in [1.54, 1.807) is 0 Å². The maximum absolute atomic E-state index is 5.93. The molecule has 0 aliphatic rings. The summed E-state index contributed by atoms with van der Waals surface area (Å²) in [6.07, 6.45) is 51.3. The Bertz CT molecular complexity index is 497. The molecule has 0 aromatic carbocycles. The molecule has 0 saturated carbocycles. The minimum Gasteiger partial charge on any atom is -0.127 e. The molecule has 0 aromatic heterocycles. The van der Waals surface area contributed by atoms with Gasteiger partial charge in [-0.1, -0.05) is 225 Å². The molecule has 0 unspecified atom stereocenters. The fourth-order valence-corrected chi connectivity index (χ4v) is 8.47. The van der Waals surface area contributed by atoms with Crippen LogP contribution in [0.25, 0.3) is 0 Å². The summed E-state index contributed by atoms with van der Waals surface area (Å²) >= 11 is 23.5. The lowest BCUT2D eigenvalue weighted by molar-refractivity contribution is 0.510. The number of hydrogen-bond acceptors (Lipinski definition) is 0. The average molecular weight is 703 g/mol. The van der Waals surface area contributed by atoms with Crippen LogP contribution < -0.4 is 0 Å². The minimum atomic E-state index is -2.37. The van der Waals surface area contributed by atoms with Crippen LogP contribution in [-0.4, -0.2) is 11.9 Å². The van der Waals surface area contributed by atoms with E-state index < -0.39 is 6.00 Å². The molecule has 0 amide bonds. The van der Waals surface area contributed by atoms with Crippen LogP contribution in [0.15, 0.2) is 0 Å². The molecule has 43 heavy (non-hydrogen) atoms. The van der Waals surface area contributed by atoms with Crippen LogP contribution >= 0.6 is 44.8 Å². The lowest BCUT2D eigenvalue weighted by atomic mass is 10.0. The second-order valence-corrected chi connectivity index (χ2v) is 23.4. The molecule has 260 valence electrons. The van der Waals surface area contributed by atoms with E-state index in [1.807, 2.05) is 0 Å². The fraction of sp³-hybridized carbons (Fsp3) is 1.00. The van der Waals surface area contributed by atoms with Gasteiger partial charge in [-0.15, -0.1) is 44.8 Å². The first-order valence-corrected chi connectivity index (χ1v) is 25.5. The van der Waals surface area contributed by atoms with Crippen LogP contribution in [0.5, 0.6) is 0 Å². The summed E-state index contributed by atoms with van der Waals surface area (Å²) in [5.74, 6) is 0.843. The molecule has 0 aliphatic carbocycles. The van der Waals surface area contributed by atoms with Crippen molar-refractivity contribution < 1.29 is 0 Å². The van der Waals surface area contributed by atoms with Gasteiger partial charge in [0, 0.05) is 5.88 Å². The lowest BCUT2D eigenvalue weighted by Gasteiger charge is -2.07.